The van der Waals surface area contributed by atoms with E-state index in [2.05, 4.69) is 10.0 Å². The maximum atomic E-state index is 11.3. The molecule has 0 saturated carbocycles. The molecule has 2 atom stereocenters. The van der Waals surface area contributed by atoms with Gasteiger partial charge < -0.3 is 14.8 Å². The zero-order valence-corrected chi connectivity index (χ0v) is 17.0. The Morgan fingerprint density at radius 3 is 2.44 bits per heavy atom. The van der Waals surface area contributed by atoms with Crippen molar-refractivity contribution in [1.29, 1.82) is 0 Å². The Labute approximate surface area is 166 Å². The normalized spacial score (nSPS) is 17.0. The molecule has 1 aliphatic rings. The molecular formula is C19H25ClN2O4S. The molecule has 0 aromatic heterocycles. The summed E-state index contributed by atoms with van der Waals surface area (Å²) in [5.74, 6) is 1.57. The van der Waals surface area contributed by atoms with Crippen LogP contribution in [0.5, 0.6) is 11.5 Å². The molecule has 2 aromatic carbocycles. The molecule has 0 saturated heterocycles. The summed E-state index contributed by atoms with van der Waals surface area (Å²) >= 11 is 0. The third-order valence-corrected chi connectivity index (χ3v) is 4.92. The van der Waals surface area contributed by atoms with Crippen LogP contribution >= 0.6 is 12.4 Å². The maximum Gasteiger partial charge on any atom is 0.209 e. The summed E-state index contributed by atoms with van der Waals surface area (Å²) in [5, 5.41) is 3.37. The minimum Gasteiger partial charge on any atom is -0.486 e. The van der Waals surface area contributed by atoms with Gasteiger partial charge in [-0.25, -0.2) is 13.1 Å². The fraction of sp³-hybridized carbons (Fsp3) is 0.368. The van der Waals surface area contributed by atoms with E-state index in [1.807, 2.05) is 55.5 Å². The Morgan fingerprint density at radius 2 is 1.78 bits per heavy atom. The number of ether oxygens (including phenoxy) is 2. The molecule has 2 N–H and O–H groups in total. The lowest BCUT2D eigenvalue weighted by Crippen LogP contribution is -2.38. The molecule has 27 heavy (non-hydrogen) atoms. The van der Waals surface area contributed by atoms with E-state index in [1.54, 1.807) is 0 Å². The topological polar surface area (TPSA) is 76.7 Å². The van der Waals surface area contributed by atoms with Crippen molar-refractivity contribution in [2.24, 2.45) is 0 Å². The van der Waals surface area contributed by atoms with Gasteiger partial charge in [-0.1, -0.05) is 36.4 Å². The average molecular weight is 413 g/mol. The molecule has 148 valence electrons. The Kier molecular flexibility index (Phi) is 7.49. The standard InChI is InChI=1S/C19H24N2O4S.ClH/c1-14(21-26(2,22)23)16-9-7-15(8-10-16)11-20-12-17-13-24-18-5-3-4-6-19(18)25-17;/h3-10,14,17,20-21H,11-13H2,1-2H3;1H/t14-,17+;/m1./s1. The van der Waals surface area contributed by atoms with Gasteiger partial charge in [0.2, 0.25) is 10.0 Å². The molecule has 3 rings (SSSR count). The van der Waals surface area contributed by atoms with E-state index in [0.29, 0.717) is 19.7 Å². The van der Waals surface area contributed by atoms with E-state index in [9.17, 15) is 8.42 Å². The molecule has 2 aromatic rings. The van der Waals surface area contributed by atoms with Crippen LogP contribution in [0.4, 0.5) is 0 Å². The van der Waals surface area contributed by atoms with Crippen molar-refractivity contribution in [3.63, 3.8) is 0 Å². The molecular weight excluding hydrogens is 388 g/mol. The Hall–Kier alpha value is -1.80. The highest BCUT2D eigenvalue weighted by atomic mass is 35.5. The molecule has 0 fully saturated rings. The highest BCUT2D eigenvalue weighted by Gasteiger charge is 2.20. The fourth-order valence-electron chi connectivity index (χ4n) is 2.85. The third-order valence-electron chi connectivity index (χ3n) is 4.14. The zero-order chi connectivity index (χ0) is 18.6. The smallest absolute Gasteiger partial charge is 0.209 e. The molecule has 0 bridgehead atoms. The van der Waals surface area contributed by atoms with E-state index in [1.165, 1.54) is 0 Å². The van der Waals surface area contributed by atoms with Gasteiger partial charge >= 0.3 is 0 Å². The summed E-state index contributed by atoms with van der Waals surface area (Å²) in [5.41, 5.74) is 2.05. The number of hydrogen-bond donors (Lipinski definition) is 2. The Balaban J connectivity index is 0.00000261. The second-order valence-electron chi connectivity index (χ2n) is 6.48. The summed E-state index contributed by atoms with van der Waals surface area (Å²) < 4.78 is 36.8. The number of nitrogens with one attached hydrogen (secondary N) is 2. The van der Waals surface area contributed by atoms with Gasteiger partial charge in [-0.05, 0) is 30.2 Å². The SMILES string of the molecule is C[C@@H](NS(C)(=O)=O)c1ccc(CNC[C@H]2COc3ccccc3O2)cc1.Cl. The lowest BCUT2D eigenvalue weighted by Gasteiger charge is -2.26. The Morgan fingerprint density at radius 1 is 1.11 bits per heavy atom. The molecule has 0 spiro atoms. The molecule has 6 nitrogen and oxygen atoms in total. The number of halogens is 1. The molecule has 1 aliphatic heterocycles. The number of para-hydroxylation sites is 2. The summed E-state index contributed by atoms with van der Waals surface area (Å²) in [6.07, 6.45) is 1.14. The third kappa shape index (κ3) is 6.39. The second kappa shape index (κ2) is 9.41. The predicted molar refractivity (Wildman–Crippen MR) is 108 cm³/mol. The maximum absolute atomic E-state index is 11.3. The van der Waals surface area contributed by atoms with Crippen LogP contribution in [-0.2, 0) is 16.6 Å². The number of sulfonamides is 1. The minimum absolute atomic E-state index is 0. The molecule has 0 radical (unpaired) electrons. The number of fused-ring (bicyclic) bond motifs is 1. The predicted octanol–water partition coefficient (Wildman–Crippen LogP) is 2.65. The summed E-state index contributed by atoms with van der Waals surface area (Å²) in [6.45, 7) is 3.74. The van der Waals surface area contributed by atoms with Crippen molar-refractivity contribution in [3.8, 4) is 11.5 Å². The molecule has 8 heteroatoms. The van der Waals surface area contributed by atoms with E-state index >= 15 is 0 Å². The van der Waals surface area contributed by atoms with Gasteiger partial charge in [-0.2, -0.15) is 0 Å². The Bertz CT molecular complexity index is 843. The van der Waals surface area contributed by atoms with Crippen LogP contribution in [0.2, 0.25) is 0 Å². The largest absolute Gasteiger partial charge is 0.486 e. The number of hydrogen-bond acceptors (Lipinski definition) is 5. The minimum atomic E-state index is -3.22. The fourth-order valence-corrected chi connectivity index (χ4v) is 3.63. The van der Waals surface area contributed by atoms with Crippen LogP contribution in [0.1, 0.15) is 24.1 Å². The van der Waals surface area contributed by atoms with Gasteiger partial charge in [0.15, 0.2) is 11.5 Å². The van der Waals surface area contributed by atoms with E-state index in [0.717, 1.165) is 28.9 Å². The van der Waals surface area contributed by atoms with Crippen LogP contribution in [0.15, 0.2) is 48.5 Å². The lowest BCUT2D eigenvalue weighted by molar-refractivity contribution is 0.0902. The molecule has 0 aliphatic carbocycles. The van der Waals surface area contributed by atoms with E-state index < -0.39 is 10.0 Å². The molecule has 0 unspecified atom stereocenters. The first-order valence-corrected chi connectivity index (χ1v) is 10.5. The first-order valence-electron chi connectivity index (χ1n) is 8.56. The van der Waals surface area contributed by atoms with Crippen molar-refractivity contribution < 1.29 is 17.9 Å². The number of benzene rings is 2. The lowest BCUT2D eigenvalue weighted by atomic mass is 10.1. The van der Waals surface area contributed by atoms with Crippen LogP contribution in [-0.4, -0.2) is 33.9 Å². The zero-order valence-electron chi connectivity index (χ0n) is 15.3. The van der Waals surface area contributed by atoms with Crippen LogP contribution < -0.4 is 19.5 Å². The van der Waals surface area contributed by atoms with Gasteiger partial charge in [0.05, 0.1) is 6.26 Å². The van der Waals surface area contributed by atoms with Gasteiger partial charge in [0.1, 0.15) is 12.7 Å². The first-order chi connectivity index (χ1) is 12.4. The van der Waals surface area contributed by atoms with Crippen LogP contribution in [0.25, 0.3) is 0 Å². The van der Waals surface area contributed by atoms with Crippen LogP contribution in [0.3, 0.4) is 0 Å². The molecule has 0 amide bonds. The highest BCUT2D eigenvalue weighted by Crippen LogP contribution is 2.30. The monoisotopic (exact) mass is 412 g/mol. The quantitative estimate of drug-likeness (QED) is 0.731. The summed E-state index contributed by atoms with van der Waals surface area (Å²) in [7, 11) is -3.22. The summed E-state index contributed by atoms with van der Waals surface area (Å²) in [4.78, 5) is 0. The number of rotatable bonds is 7. The molecule has 1 heterocycles. The summed E-state index contributed by atoms with van der Waals surface area (Å²) in [6, 6.07) is 15.3. The van der Waals surface area contributed by atoms with Crippen molar-refractivity contribution in [2.75, 3.05) is 19.4 Å². The second-order valence-corrected chi connectivity index (χ2v) is 8.26. The van der Waals surface area contributed by atoms with E-state index in [-0.39, 0.29) is 24.6 Å². The van der Waals surface area contributed by atoms with Gasteiger partial charge in [-0.3, -0.25) is 0 Å². The highest BCUT2D eigenvalue weighted by molar-refractivity contribution is 7.88. The van der Waals surface area contributed by atoms with Crippen LogP contribution in [0, 0.1) is 0 Å². The first kappa shape index (κ1) is 21.5. The van der Waals surface area contributed by atoms with Crippen molar-refractivity contribution in [1.82, 2.24) is 10.0 Å². The van der Waals surface area contributed by atoms with Crippen molar-refractivity contribution >= 4 is 22.4 Å². The van der Waals surface area contributed by atoms with Gasteiger partial charge in [0.25, 0.3) is 0 Å². The van der Waals surface area contributed by atoms with Crippen molar-refractivity contribution in [2.45, 2.75) is 25.6 Å². The average Bonchev–Trinajstić information content (AvgIpc) is 2.61. The van der Waals surface area contributed by atoms with Gasteiger partial charge in [-0.15, -0.1) is 12.4 Å². The van der Waals surface area contributed by atoms with Crippen molar-refractivity contribution in [3.05, 3.63) is 59.7 Å². The van der Waals surface area contributed by atoms with E-state index in [4.69, 9.17) is 9.47 Å². The van der Waals surface area contributed by atoms with Gasteiger partial charge in [0, 0.05) is 19.1 Å².